The van der Waals surface area contributed by atoms with Crippen molar-refractivity contribution in [1.82, 2.24) is 0 Å². The fourth-order valence-electron chi connectivity index (χ4n) is 0. The molecule has 0 nitrogen and oxygen atoms in total. The molecule has 92 valence electrons. The van der Waals surface area contributed by atoms with E-state index in [0.717, 1.165) is 0 Å². The van der Waals surface area contributed by atoms with Crippen LogP contribution in [0.15, 0.2) is 0 Å². The molecule has 0 amide bonds. The van der Waals surface area contributed by atoms with Gasteiger partial charge in [0.15, 0.2) is 0 Å². The van der Waals surface area contributed by atoms with Gasteiger partial charge in [-0.1, -0.05) is 93.9 Å². The van der Waals surface area contributed by atoms with Crippen LogP contribution in [0.4, 0.5) is 0 Å². The zero-order chi connectivity index (χ0) is 12.2. The van der Waals surface area contributed by atoms with E-state index in [1.165, 1.54) is 38.5 Å². The maximum absolute atomic E-state index is 2.00. The third-order valence-electron chi connectivity index (χ3n) is 0.707. The Kier molecular flexibility index (Phi) is 87.9. The molecule has 2 rings (SSSR count). The lowest BCUT2D eigenvalue weighted by molar-refractivity contribution is 1.50. The summed E-state index contributed by atoms with van der Waals surface area (Å²) in [4.78, 5) is 0. The van der Waals surface area contributed by atoms with Crippen molar-refractivity contribution in [3.63, 3.8) is 0 Å². The minimum Gasteiger partial charge on any atom is -0.0683 e. The first-order valence-electron chi connectivity index (χ1n) is 7.00. The molecule has 0 N–H and O–H groups in total. The molecule has 0 spiro atoms. The molecule has 2 fully saturated rings. The van der Waals surface area contributed by atoms with E-state index < -0.39 is 0 Å². The smallest absolute Gasteiger partial charge is 0.0533 e. The van der Waals surface area contributed by atoms with Crippen LogP contribution < -0.4 is 0 Å². The Bertz CT molecular complexity index is 15.5. The summed E-state index contributed by atoms with van der Waals surface area (Å²) in [5.41, 5.74) is 0. The standard InChI is InChI=1S/2C3H6.4C2H6/c2*1-2-3-1;4*1-2/h2*1-3H2;4*1-2H3. The summed E-state index contributed by atoms with van der Waals surface area (Å²) in [5.74, 6) is 0. The first-order chi connectivity index (χ1) is 7.00. The molecule has 0 aromatic rings. The topological polar surface area (TPSA) is 0 Å². The second kappa shape index (κ2) is 52.0. The largest absolute Gasteiger partial charge is 0.0683 e. The highest BCUT2D eigenvalue weighted by Gasteiger charge is 1.95. The second-order valence-electron chi connectivity index (χ2n) is 2.12. The molecule has 2 aliphatic carbocycles. The normalized spacial score (nSPS) is 12.0. The summed E-state index contributed by atoms with van der Waals surface area (Å²) in [5, 5.41) is 0. The van der Waals surface area contributed by atoms with Crippen molar-refractivity contribution >= 4 is 0 Å². The fraction of sp³-hybridized carbons (Fsp3) is 1.00. The molecule has 2 saturated carbocycles. The maximum Gasteiger partial charge on any atom is -0.0533 e. The van der Waals surface area contributed by atoms with E-state index in [-0.39, 0.29) is 0 Å². The van der Waals surface area contributed by atoms with Crippen LogP contribution in [0.2, 0.25) is 0 Å². The summed E-state index contributed by atoms with van der Waals surface area (Å²) < 4.78 is 0. The van der Waals surface area contributed by atoms with Crippen LogP contribution in [0.25, 0.3) is 0 Å². The van der Waals surface area contributed by atoms with Crippen molar-refractivity contribution < 1.29 is 0 Å². The average Bonchev–Trinajstić information content (AvgIpc) is 3.22. The highest BCUT2D eigenvalue weighted by atomic mass is 14.0. The van der Waals surface area contributed by atoms with Crippen molar-refractivity contribution in [1.29, 1.82) is 0 Å². The minimum atomic E-state index is 1.50. The molecule has 0 heterocycles. The van der Waals surface area contributed by atoms with Crippen molar-refractivity contribution in [3.8, 4) is 0 Å². The predicted octanol–water partition coefficient (Wildman–Crippen LogP) is 6.45. The van der Waals surface area contributed by atoms with Crippen molar-refractivity contribution in [3.05, 3.63) is 0 Å². The maximum atomic E-state index is 2.00. The zero-order valence-corrected chi connectivity index (χ0v) is 12.2. The van der Waals surface area contributed by atoms with Crippen LogP contribution in [0.3, 0.4) is 0 Å². The van der Waals surface area contributed by atoms with E-state index in [2.05, 4.69) is 0 Å². The van der Waals surface area contributed by atoms with Crippen molar-refractivity contribution in [2.24, 2.45) is 0 Å². The molecule has 0 saturated heterocycles. The Morgan fingerprint density at radius 1 is 0.286 bits per heavy atom. The van der Waals surface area contributed by atoms with E-state index in [0.29, 0.717) is 0 Å². The lowest BCUT2D eigenvalue weighted by Crippen LogP contribution is -0.856. The quantitative estimate of drug-likeness (QED) is 0.425. The van der Waals surface area contributed by atoms with Crippen molar-refractivity contribution in [2.45, 2.75) is 93.9 Å². The molecule has 0 aliphatic heterocycles. The fourth-order valence-corrected chi connectivity index (χ4v) is 0. The summed E-state index contributed by atoms with van der Waals surface area (Å²) in [6.45, 7) is 16.0. The monoisotopic (exact) mass is 204 g/mol. The second-order valence-corrected chi connectivity index (χ2v) is 2.12. The van der Waals surface area contributed by atoms with E-state index in [9.17, 15) is 0 Å². The highest BCUT2D eigenvalue weighted by Crippen LogP contribution is 2.15. The van der Waals surface area contributed by atoms with Gasteiger partial charge in [-0.15, -0.1) is 0 Å². The van der Waals surface area contributed by atoms with Crippen LogP contribution in [0.1, 0.15) is 93.9 Å². The first kappa shape index (κ1) is 23.7. The van der Waals surface area contributed by atoms with Gasteiger partial charge in [-0.25, -0.2) is 0 Å². The molecule has 0 atom stereocenters. The third-order valence-corrected chi connectivity index (χ3v) is 0.707. The number of rotatable bonds is 0. The van der Waals surface area contributed by atoms with Crippen LogP contribution in [0.5, 0.6) is 0 Å². The lowest BCUT2D eigenvalue weighted by Gasteiger charge is -1.07. The Morgan fingerprint density at radius 2 is 0.357 bits per heavy atom. The van der Waals surface area contributed by atoms with Gasteiger partial charge in [0.2, 0.25) is 0 Å². The van der Waals surface area contributed by atoms with Gasteiger partial charge < -0.3 is 0 Å². The minimum absolute atomic E-state index is 1.50. The van der Waals surface area contributed by atoms with E-state index >= 15 is 0 Å². The molecule has 0 heteroatoms. The van der Waals surface area contributed by atoms with Crippen molar-refractivity contribution in [2.75, 3.05) is 0 Å². The molecule has 0 aromatic heterocycles. The zero-order valence-electron chi connectivity index (χ0n) is 12.2. The van der Waals surface area contributed by atoms with Gasteiger partial charge in [-0.2, -0.15) is 0 Å². The molecule has 0 radical (unpaired) electrons. The van der Waals surface area contributed by atoms with Crippen LogP contribution in [-0.4, -0.2) is 0 Å². The summed E-state index contributed by atoms with van der Waals surface area (Å²) in [7, 11) is 0. The average molecular weight is 204 g/mol. The van der Waals surface area contributed by atoms with E-state index in [1.807, 2.05) is 55.4 Å². The number of hydrogen-bond acceptors (Lipinski definition) is 0. The molecule has 0 aromatic carbocycles. The SMILES string of the molecule is C1CC1.C1CC1.CC.CC.CC.CC. The summed E-state index contributed by atoms with van der Waals surface area (Å²) >= 11 is 0. The number of hydrogen-bond donors (Lipinski definition) is 0. The van der Waals surface area contributed by atoms with Gasteiger partial charge in [0.25, 0.3) is 0 Å². The Labute approximate surface area is 94.5 Å². The van der Waals surface area contributed by atoms with Gasteiger partial charge in [-0.3, -0.25) is 0 Å². The van der Waals surface area contributed by atoms with Crippen LogP contribution in [0, 0.1) is 0 Å². The van der Waals surface area contributed by atoms with Gasteiger partial charge in [0.05, 0.1) is 0 Å². The molecule has 2 aliphatic rings. The van der Waals surface area contributed by atoms with Crippen LogP contribution in [-0.2, 0) is 0 Å². The van der Waals surface area contributed by atoms with Gasteiger partial charge in [-0.05, 0) is 0 Å². The van der Waals surface area contributed by atoms with Gasteiger partial charge in [0, 0.05) is 0 Å². The molecule has 14 heavy (non-hydrogen) atoms. The van der Waals surface area contributed by atoms with E-state index in [1.54, 1.807) is 0 Å². The Balaban J connectivity index is -0.0000000439. The van der Waals surface area contributed by atoms with Gasteiger partial charge in [0.1, 0.15) is 0 Å². The van der Waals surface area contributed by atoms with Crippen LogP contribution >= 0.6 is 0 Å². The highest BCUT2D eigenvalue weighted by molar-refractivity contribution is 4.51. The Morgan fingerprint density at radius 3 is 0.357 bits per heavy atom. The third kappa shape index (κ3) is 363. The van der Waals surface area contributed by atoms with E-state index in [4.69, 9.17) is 0 Å². The van der Waals surface area contributed by atoms with Gasteiger partial charge >= 0.3 is 0 Å². The Hall–Kier alpha value is 0. The summed E-state index contributed by atoms with van der Waals surface area (Å²) in [6, 6.07) is 0. The molecular weight excluding hydrogens is 168 g/mol. The first-order valence-corrected chi connectivity index (χ1v) is 7.00. The molecule has 0 unspecified atom stereocenters. The lowest BCUT2D eigenvalue weighted by atomic mass is 11.0. The predicted molar refractivity (Wildman–Crippen MR) is 73.1 cm³/mol. The molecule has 0 bridgehead atoms. The molecular formula is C14H36. The summed E-state index contributed by atoms with van der Waals surface area (Å²) in [6.07, 6.45) is 9.00.